The number of allylic oxidation sites excluding steroid dienone is 1. The number of aryl methyl sites for hydroxylation is 1. The molecule has 2 aromatic rings. The van der Waals surface area contributed by atoms with Crippen LogP contribution in [0.5, 0.6) is 0 Å². The Morgan fingerprint density at radius 1 is 1.26 bits per heavy atom. The second-order valence-corrected chi connectivity index (χ2v) is 6.14. The van der Waals surface area contributed by atoms with E-state index in [2.05, 4.69) is 0 Å². The lowest BCUT2D eigenvalue weighted by Gasteiger charge is -2.00. The fourth-order valence-corrected chi connectivity index (χ4v) is 3.03. The van der Waals surface area contributed by atoms with Crippen LogP contribution in [0.3, 0.4) is 0 Å². The average molecular weight is 329 g/mol. The lowest BCUT2D eigenvalue weighted by atomic mass is 10.1. The average Bonchev–Trinajstić information content (AvgIpc) is 3.06. The zero-order chi connectivity index (χ0) is 16.6. The molecule has 3 rings (SSSR count). The van der Waals surface area contributed by atoms with Crippen molar-refractivity contribution >= 4 is 34.4 Å². The first kappa shape index (κ1) is 15.2. The number of benzene rings is 1. The summed E-state index contributed by atoms with van der Waals surface area (Å²) >= 11 is 0.905. The van der Waals surface area contributed by atoms with Crippen LogP contribution in [0.1, 0.15) is 17.7 Å². The molecule has 1 aromatic heterocycles. The summed E-state index contributed by atoms with van der Waals surface area (Å²) in [6.45, 7) is 1.67. The first-order valence-electron chi connectivity index (χ1n) is 6.75. The first-order valence-corrected chi connectivity index (χ1v) is 7.56. The van der Waals surface area contributed by atoms with Gasteiger partial charge in [0.05, 0.1) is 16.2 Å². The van der Waals surface area contributed by atoms with Crippen molar-refractivity contribution < 1.29 is 18.9 Å². The molecule has 0 bridgehead atoms. The van der Waals surface area contributed by atoms with Gasteiger partial charge in [-0.3, -0.25) is 19.7 Å². The van der Waals surface area contributed by atoms with Gasteiger partial charge < -0.3 is 4.42 Å². The topological polar surface area (TPSA) is 90.4 Å². The summed E-state index contributed by atoms with van der Waals surface area (Å²) in [4.78, 5) is 33.7. The number of furan rings is 1. The van der Waals surface area contributed by atoms with Crippen molar-refractivity contribution in [2.24, 2.45) is 0 Å². The maximum Gasteiger partial charge on any atom is 0.273 e. The number of Topliss-reactive ketones (excluding diaryl/α,β-unsaturated/α-hetero) is 1. The van der Waals surface area contributed by atoms with Gasteiger partial charge in [-0.2, -0.15) is 0 Å². The van der Waals surface area contributed by atoms with Crippen LogP contribution >= 0.6 is 11.8 Å². The Balaban J connectivity index is 1.92. The second-order valence-electron chi connectivity index (χ2n) is 5.04. The Labute approximate surface area is 135 Å². The molecule has 0 unspecified atom stereocenters. The smallest absolute Gasteiger partial charge is 0.273 e. The predicted octanol–water partition coefficient (Wildman–Crippen LogP) is 3.74. The molecule has 0 aliphatic carbocycles. The van der Waals surface area contributed by atoms with Gasteiger partial charge in [0.2, 0.25) is 5.12 Å². The molecule has 1 aromatic carbocycles. The van der Waals surface area contributed by atoms with E-state index in [1.54, 1.807) is 31.2 Å². The van der Waals surface area contributed by atoms with Gasteiger partial charge in [-0.25, -0.2) is 0 Å². The van der Waals surface area contributed by atoms with Crippen LogP contribution in [-0.2, 0) is 9.59 Å². The van der Waals surface area contributed by atoms with Crippen LogP contribution in [0.25, 0.3) is 17.4 Å². The van der Waals surface area contributed by atoms with E-state index in [1.807, 2.05) is 0 Å². The molecule has 0 N–H and O–H groups in total. The van der Waals surface area contributed by atoms with E-state index in [0.29, 0.717) is 27.6 Å². The molecular formula is C16H11NO5S. The Kier molecular flexibility index (Phi) is 3.87. The molecule has 0 saturated carbocycles. The molecule has 116 valence electrons. The Morgan fingerprint density at radius 3 is 2.70 bits per heavy atom. The number of ketones is 1. The largest absolute Gasteiger partial charge is 0.457 e. The molecule has 0 atom stereocenters. The maximum absolute atomic E-state index is 11.6. The molecule has 2 heterocycles. The summed E-state index contributed by atoms with van der Waals surface area (Å²) in [6.07, 6.45) is 1.43. The highest BCUT2D eigenvalue weighted by molar-refractivity contribution is 8.18. The highest BCUT2D eigenvalue weighted by Crippen LogP contribution is 2.33. The number of nitro groups is 1. The van der Waals surface area contributed by atoms with Crippen molar-refractivity contribution in [3.8, 4) is 11.3 Å². The third kappa shape index (κ3) is 3.09. The van der Waals surface area contributed by atoms with Gasteiger partial charge in [-0.1, -0.05) is 12.1 Å². The minimum atomic E-state index is -0.440. The van der Waals surface area contributed by atoms with Gasteiger partial charge in [0.15, 0.2) is 5.78 Å². The van der Waals surface area contributed by atoms with Gasteiger partial charge in [-0.15, -0.1) is 0 Å². The van der Waals surface area contributed by atoms with Crippen LogP contribution in [-0.4, -0.2) is 15.8 Å². The fraction of sp³-hybridized carbons (Fsp3) is 0.125. The molecule has 0 amide bonds. The van der Waals surface area contributed by atoms with Crippen LogP contribution < -0.4 is 0 Å². The summed E-state index contributed by atoms with van der Waals surface area (Å²) < 4.78 is 5.61. The molecule has 0 spiro atoms. The molecule has 6 nitrogen and oxygen atoms in total. The summed E-state index contributed by atoms with van der Waals surface area (Å²) in [5.41, 5.74) is 1.17. The zero-order valence-corrected chi connectivity index (χ0v) is 12.9. The number of thioether (sulfide) groups is 1. The number of rotatable bonds is 3. The maximum atomic E-state index is 11.6. The SMILES string of the molecule is Cc1ccc(-c2ccc(/C=C3\SC(=O)CC3=O)o2)cc1[N+](=O)[O-]. The van der Waals surface area contributed by atoms with Crippen molar-refractivity contribution in [2.75, 3.05) is 0 Å². The molecule has 0 radical (unpaired) electrons. The van der Waals surface area contributed by atoms with E-state index < -0.39 is 4.92 Å². The van der Waals surface area contributed by atoms with Crippen molar-refractivity contribution in [3.05, 3.63) is 56.7 Å². The van der Waals surface area contributed by atoms with Crippen LogP contribution in [0.15, 0.2) is 39.7 Å². The fourth-order valence-electron chi connectivity index (χ4n) is 2.22. The highest BCUT2D eigenvalue weighted by atomic mass is 32.2. The second kappa shape index (κ2) is 5.85. The summed E-state index contributed by atoms with van der Waals surface area (Å²) in [5.74, 6) is 0.666. The number of hydrogen-bond donors (Lipinski definition) is 0. The summed E-state index contributed by atoms with van der Waals surface area (Å²) in [7, 11) is 0. The van der Waals surface area contributed by atoms with Gasteiger partial charge in [-0.05, 0) is 36.9 Å². The van der Waals surface area contributed by atoms with E-state index in [1.165, 1.54) is 12.1 Å². The predicted molar refractivity (Wildman–Crippen MR) is 85.7 cm³/mol. The zero-order valence-electron chi connectivity index (χ0n) is 12.1. The summed E-state index contributed by atoms with van der Waals surface area (Å²) in [6, 6.07) is 8.17. The standard InChI is InChI=1S/C16H11NO5S/c1-9-2-3-10(6-12(9)17(20)21)14-5-4-11(22-14)7-15-13(18)8-16(19)23-15/h2-7H,8H2,1H3/b15-7-. The first-order chi connectivity index (χ1) is 10.9. The van der Waals surface area contributed by atoms with Gasteiger partial charge in [0.25, 0.3) is 5.69 Å². The summed E-state index contributed by atoms with van der Waals surface area (Å²) in [5, 5.41) is 10.8. The highest BCUT2D eigenvalue weighted by Gasteiger charge is 2.26. The van der Waals surface area contributed by atoms with E-state index in [-0.39, 0.29) is 23.0 Å². The lowest BCUT2D eigenvalue weighted by Crippen LogP contribution is -1.91. The van der Waals surface area contributed by atoms with Crippen molar-refractivity contribution in [2.45, 2.75) is 13.3 Å². The number of carbonyl (C=O) groups is 2. The molecule has 1 aliphatic heterocycles. The number of carbonyl (C=O) groups excluding carboxylic acids is 2. The van der Waals surface area contributed by atoms with Crippen LogP contribution in [0.2, 0.25) is 0 Å². The van der Waals surface area contributed by atoms with E-state index in [9.17, 15) is 19.7 Å². The Hall–Kier alpha value is -2.67. The van der Waals surface area contributed by atoms with E-state index >= 15 is 0 Å². The Bertz CT molecular complexity index is 865. The van der Waals surface area contributed by atoms with E-state index in [4.69, 9.17) is 4.42 Å². The minimum absolute atomic E-state index is 0.0194. The lowest BCUT2D eigenvalue weighted by molar-refractivity contribution is -0.385. The van der Waals surface area contributed by atoms with Gasteiger partial charge in [0, 0.05) is 17.2 Å². The molecule has 23 heavy (non-hydrogen) atoms. The van der Waals surface area contributed by atoms with Crippen molar-refractivity contribution in [1.82, 2.24) is 0 Å². The number of hydrogen-bond acceptors (Lipinski definition) is 6. The molecule has 1 fully saturated rings. The number of nitrogens with zero attached hydrogens (tertiary/aromatic N) is 1. The van der Waals surface area contributed by atoms with Gasteiger partial charge >= 0.3 is 0 Å². The molecule has 7 heteroatoms. The van der Waals surface area contributed by atoms with Crippen molar-refractivity contribution in [3.63, 3.8) is 0 Å². The molecule has 1 saturated heterocycles. The van der Waals surface area contributed by atoms with Crippen molar-refractivity contribution in [1.29, 1.82) is 0 Å². The third-order valence-electron chi connectivity index (χ3n) is 3.39. The van der Waals surface area contributed by atoms with Crippen LogP contribution in [0.4, 0.5) is 5.69 Å². The Morgan fingerprint density at radius 2 is 2.04 bits per heavy atom. The normalized spacial score (nSPS) is 16.3. The number of nitro benzene ring substituents is 1. The molecular weight excluding hydrogens is 318 g/mol. The third-order valence-corrected chi connectivity index (χ3v) is 4.33. The van der Waals surface area contributed by atoms with Gasteiger partial charge in [0.1, 0.15) is 11.5 Å². The monoisotopic (exact) mass is 329 g/mol. The van der Waals surface area contributed by atoms with E-state index in [0.717, 1.165) is 11.8 Å². The van der Waals surface area contributed by atoms with Crippen LogP contribution in [0, 0.1) is 17.0 Å². The quantitative estimate of drug-likeness (QED) is 0.369. The minimum Gasteiger partial charge on any atom is -0.457 e. The molecule has 1 aliphatic rings.